The summed E-state index contributed by atoms with van der Waals surface area (Å²) in [6, 6.07) is 8.53. The van der Waals surface area contributed by atoms with Gasteiger partial charge in [-0.05, 0) is 59.9 Å². The van der Waals surface area contributed by atoms with Crippen molar-refractivity contribution >= 4 is 33.4 Å². The summed E-state index contributed by atoms with van der Waals surface area (Å²) < 4.78 is 6.99. The highest BCUT2D eigenvalue weighted by molar-refractivity contribution is 7.17. The van der Waals surface area contributed by atoms with E-state index in [1.165, 1.54) is 0 Å². The highest BCUT2D eigenvalue weighted by atomic mass is 32.1. The minimum Gasteiger partial charge on any atom is -0.446 e. The molecule has 1 fully saturated rings. The molecule has 1 aliphatic rings. The molecule has 0 spiro atoms. The van der Waals surface area contributed by atoms with E-state index in [1.54, 1.807) is 18.3 Å². The predicted molar refractivity (Wildman–Crippen MR) is 127 cm³/mol. The molecule has 0 aliphatic heterocycles. The van der Waals surface area contributed by atoms with Gasteiger partial charge in [0.15, 0.2) is 0 Å². The Hall–Kier alpha value is -2.59. The number of nitriles is 1. The molecule has 5 atom stereocenters. The van der Waals surface area contributed by atoms with Gasteiger partial charge in [0, 0.05) is 11.1 Å². The van der Waals surface area contributed by atoms with Crippen molar-refractivity contribution in [1.29, 1.82) is 5.26 Å². The summed E-state index contributed by atoms with van der Waals surface area (Å²) in [6.45, 7) is 8.13. The molecule has 0 radical (unpaired) electrons. The maximum Gasteiger partial charge on any atom is 0.408 e. The van der Waals surface area contributed by atoms with Gasteiger partial charge >= 0.3 is 6.09 Å². The van der Waals surface area contributed by atoms with Gasteiger partial charge in [0.2, 0.25) is 5.91 Å². The topological polar surface area (TPSA) is 91.2 Å². The van der Waals surface area contributed by atoms with Gasteiger partial charge in [-0.25, -0.2) is 4.79 Å². The number of benzene rings is 1. The van der Waals surface area contributed by atoms with Gasteiger partial charge in [0.1, 0.15) is 18.2 Å². The maximum atomic E-state index is 12.9. The van der Waals surface area contributed by atoms with Crippen molar-refractivity contribution < 1.29 is 14.3 Å². The predicted octanol–water partition coefficient (Wildman–Crippen LogP) is 5.03. The van der Waals surface area contributed by atoms with Crippen LogP contribution in [0.3, 0.4) is 0 Å². The Morgan fingerprint density at radius 3 is 2.69 bits per heavy atom. The first-order chi connectivity index (χ1) is 15.3. The van der Waals surface area contributed by atoms with Crippen molar-refractivity contribution in [2.75, 3.05) is 0 Å². The number of hydrogen-bond donors (Lipinski definition) is 2. The number of carbonyl (C=O) groups excluding carboxylic acids is 2. The molecule has 6 nitrogen and oxygen atoms in total. The Balaban J connectivity index is 1.74. The minimum absolute atomic E-state index is 0.150. The number of amides is 2. The van der Waals surface area contributed by atoms with Crippen molar-refractivity contribution in [2.45, 2.75) is 71.6 Å². The first-order valence-electron chi connectivity index (χ1n) is 11.4. The van der Waals surface area contributed by atoms with Crippen LogP contribution >= 0.6 is 11.3 Å². The van der Waals surface area contributed by atoms with E-state index in [0.717, 1.165) is 34.9 Å². The Morgan fingerprint density at radius 2 is 1.97 bits per heavy atom. The van der Waals surface area contributed by atoms with Crippen molar-refractivity contribution in [3.05, 3.63) is 35.2 Å². The van der Waals surface area contributed by atoms with E-state index >= 15 is 0 Å². The van der Waals surface area contributed by atoms with E-state index in [9.17, 15) is 9.59 Å². The van der Waals surface area contributed by atoms with E-state index < -0.39 is 18.2 Å². The van der Waals surface area contributed by atoms with Crippen LogP contribution in [-0.2, 0) is 16.0 Å². The number of fused-ring (bicyclic) bond motifs is 1. The van der Waals surface area contributed by atoms with Gasteiger partial charge in [0.05, 0.1) is 6.07 Å². The fourth-order valence-electron chi connectivity index (χ4n) is 4.53. The lowest BCUT2D eigenvalue weighted by atomic mass is 9.75. The molecule has 1 aromatic heterocycles. The molecule has 2 N–H and O–H groups in total. The van der Waals surface area contributed by atoms with E-state index in [-0.39, 0.29) is 12.0 Å². The quantitative estimate of drug-likeness (QED) is 0.613. The summed E-state index contributed by atoms with van der Waals surface area (Å²) in [5, 5.41) is 17.6. The lowest BCUT2D eigenvalue weighted by Gasteiger charge is -2.36. The Morgan fingerprint density at radius 1 is 1.22 bits per heavy atom. The van der Waals surface area contributed by atoms with Crippen LogP contribution < -0.4 is 10.6 Å². The van der Waals surface area contributed by atoms with Crippen LogP contribution in [0.5, 0.6) is 0 Å². The molecule has 1 heterocycles. The zero-order valence-electron chi connectivity index (χ0n) is 19.3. The standard InChI is InChI=1S/C25H33N3O3S/c1-15(2)19-10-9-16(3)11-22(19)31-25(30)28-21(24(29)27-17(4)13-26)12-18-14-32-23-8-6-5-7-20(18)23/h5-8,14-17,19,21-22H,9-12H2,1-4H3,(H,27,29)(H,28,30). The molecule has 7 heteroatoms. The molecule has 1 aliphatic carbocycles. The molecule has 2 aromatic rings. The van der Waals surface area contributed by atoms with Crippen molar-refractivity contribution in [3.8, 4) is 6.07 Å². The molecular weight excluding hydrogens is 422 g/mol. The highest BCUT2D eigenvalue weighted by Crippen LogP contribution is 2.35. The molecule has 2 amide bonds. The number of carbonyl (C=O) groups is 2. The highest BCUT2D eigenvalue weighted by Gasteiger charge is 2.34. The second kappa shape index (κ2) is 10.8. The van der Waals surface area contributed by atoms with E-state index in [4.69, 9.17) is 10.00 Å². The second-order valence-electron chi connectivity index (χ2n) is 9.29. The Kier molecular flexibility index (Phi) is 8.14. The van der Waals surface area contributed by atoms with Gasteiger partial charge in [-0.3, -0.25) is 4.79 Å². The van der Waals surface area contributed by atoms with Crippen LogP contribution in [-0.4, -0.2) is 30.2 Å². The number of rotatable bonds is 7. The molecule has 1 aromatic carbocycles. The van der Waals surface area contributed by atoms with Crippen molar-refractivity contribution in [2.24, 2.45) is 17.8 Å². The van der Waals surface area contributed by atoms with Crippen LogP contribution in [0.15, 0.2) is 29.6 Å². The Labute approximate surface area is 194 Å². The summed E-state index contributed by atoms with van der Waals surface area (Å²) in [5.41, 5.74) is 0.988. The SMILES string of the molecule is CC1CCC(C(C)C)C(OC(=O)NC(Cc2csc3ccccc23)C(=O)NC(C)C#N)C1. The third-order valence-corrected chi connectivity index (χ3v) is 7.38. The molecule has 3 rings (SSSR count). The summed E-state index contributed by atoms with van der Waals surface area (Å²) in [5.74, 6) is 0.871. The van der Waals surface area contributed by atoms with Gasteiger partial charge in [-0.1, -0.05) is 45.4 Å². The summed E-state index contributed by atoms with van der Waals surface area (Å²) >= 11 is 1.61. The molecule has 0 saturated heterocycles. The van der Waals surface area contributed by atoms with Crippen LogP contribution in [0, 0.1) is 29.1 Å². The molecule has 5 unspecified atom stereocenters. The molecule has 1 saturated carbocycles. The lowest BCUT2D eigenvalue weighted by Crippen LogP contribution is -2.51. The Bertz CT molecular complexity index is 980. The number of nitrogens with zero attached hydrogens (tertiary/aromatic N) is 1. The van der Waals surface area contributed by atoms with E-state index in [0.29, 0.717) is 24.2 Å². The van der Waals surface area contributed by atoms with Crippen LogP contribution in [0.1, 0.15) is 52.5 Å². The van der Waals surface area contributed by atoms with E-state index in [2.05, 4.69) is 31.4 Å². The number of alkyl carbamates (subject to hydrolysis) is 1. The average Bonchev–Trinajstić information content (AvgIpc) is 3.15. The zero-order valence-corrected chi connectivity index (χ0v) is 20.1. The monoisotopic (exact) mass is 455 g/mol. The van der Waals surface area contributed by atoms with Gasteiger partial charge in [-0.2, -0.15) is 5.26 Å². The molecular formula is C25H33N3O3S. The summed E-state index contributed by atoms with van der Waals surface area (Å²) in [6.07, 6.45) is 2.64. The zero-order chi connectivity index (χ0) is 23.3. The number of ether oxygens (including phenoxy) is 1. The summed E-state index contributed by atoms with van der Waals surface area (Å²) in [4.78, 5) is 25.8. The number of thiophene rings is 1. The fourth-order valence-corrected chi connectivity index (χ4v) is 5.51. The normalized spacial score (nSPS) is 22.7. The lowest BCUT2D eigenvalue weighted by molar-refractivity contribution is -0.123. The van der Waals surface area contributed by atoms with Gasteiger partial charge in [0.25, 0.3) is 0 Å². The minimum atomic E-state index is -0.824. The average molecular weight is 456 g/mol. The molecule has 32 heavy (non-hydrogen) atoms. The van der Waals surface area contributed by atoms with Gasteiger partial charge < -0.3 is 15.4 Å². The second-order valence-corrected chi connectivity index (χ2v) is 10.2. The van der Waals surface area contributed by atoms with E-state index in [1.807, 2.05) is 35.7 Å². The number of nitrogens with one attached hydrogen (secondary N) is 2. The fraction of sp³-hybridized carbons (Fsp3) is 0.560. The third kappa shape index (κ3) is 6.01. The van der Waals surface area contributed by atoms with Gasteiger partial charge in [-0.15, -0.1) is 11.3 Å². The first kappa shape index (κ1) is 24.1. The first-order valence-corrected chi connectivity index (χ1v) is 12.3. The van der Waals surface area contributed by atoms with Crippen LogP contribution in [0.4, 0.5) is 4.79 Å². The van der Waals surface area contributed by atoms with Crippen LogP contribution in [0.2, 0.25) is 0 Å². The smallest absolute Gasteiger partial charge is 0.408 e. The maximum absolute atomic E-state index is 12.9. The molecule has 0 bridgehead atoms. The summed E-state index contributed by atoms with van der Waals surface area (Å²) in [7, 11) is 0. The molecule has 172 valence electrons. The largest absolute Gasteiger partial charge is 0.446 e. The third-order valence-electron chi connectivity index (χ3n) is 6.37. The van der Waals surface area contributed by atoms with Crippen molar-refractivity contribution in [3.63, 3.8) is 0 Å². The van der Waals surface area contributed by atoms with Crippen LogP contribution in [0.25, 0.3) is 10.1 Å². The number of hydrogen-bond acceptors (Lipinski definition) is 5. The van der Waals surface area contributed by atoms with Crippen molar-refractivity contribution in [1.82, 2.24) is 10.6 Å².